The molecule has 348 valence electrons. The molecule has 3 heterocycles. The number of aromatic hydroxyl groups is 3. The summed E-state index contributed by atoms with van der Waals surface area (Å²) in [5.41, 5.74) is -0.303. The summed E-state index contributed by atoms with van der Waals surface area (Å²) in [5, 5.41) is 67.7. The molecule has 0 saturated carbocycles. The fraction of sp³-hybridized carbons (Fsp3) is 0.583. The van der Waals surface area contributed by atoms with E-state index in [9.17, 15) is 39.9 Å². The van der Waals surface area contributed by atoms with E-state index in [2.05, 4.69) is 19.2 Å². The summed E-state index contributed by atoms with van der Waals surface area (Å²) in [5.74, 6) is -8.30. The highest BCUT2D eigenvalue weighted by atomic mass is 16.7. The van der Waals surface area contributed by atoms with E-state index >= 15 is 0 Å². The summed E-state index contributed by atoms with van der Waals surface area (Å²) in [6, 6.07) is 0. The SMILES string of the molecule is CCCCCN(CCCCC)N=Cc1c2c(O)c3c(O)c(C)c4c(c3c1O)C(=O)[C@@](C)(OC=C[C@H](OC)[C@H](C)[C@H](OC(C)=O)[C@H](C)[C@H](O)[C@H](C)[C@H](O)[C@@H](C)C=CC=C(C)C(=O)N2)O4. The van der Waals surface area contributed by atoms with Gasteiger partial charge in [0.2, 0.25) is 0 Å². The monoisotopic (exact) mass is 879 g/mol. The maximum Gasteiger partial charge on any atom is 0.312 e. The molecule has 0 unspecified atom stereocenters. The van der Waals surface area contributed by atoms with E-state index in [0.717, 1.165) is 38.5 Å². The Bertz CT molecular complexity index is 2090. The number of ketones is 1. The van der Waals surface area contributed by atoms with Crippen LogP contribution in [0.5, 0.6) is 23.0 Å². The first kappa shape index (κ1) is 50.5. The largest absolute Gasteiger partial charge is 0.507 e. The van der Waals surface area contributed by atoms with Gasteiger partial charge in [-0.3, -0.25) is 19.4 Å². The predicted molar refractivity (Wildman–Crippen MR) is 242 cm³/mol. The Morgan fingerprint density at radius 1 is 0.905 bits per heavy atom. The second kappa shape index (κ2) is 22.0. The van der Waals surface area contributed by atoms with Crippen molar-refractivity contribution in [2.75, 3.05) is 25.5 Å². The van der Waals surface area contributed by atoms with Gasteiger partial charge in [-0.15, -0.1) is 0 Å². The first-order valence-electron chi connectivity index (χ1n) is 22.1. The van der Waals surface area contributed by atoms with E-state index in [-0.39, 0.29) is 44.5 Å². The number of carbonyl (C=O) groups is 3. The quantitative estimate of drug-likeness (QED) is 0.0300. The van der Waals surface area contributed by atoms with Gasteiger partial charge in [0.15, 0.2) is 5.75 Å². The summed E-state index contributed by atoms with van der Waals surface area (Å²) in [6.07, 6.45) is 10.6. The van der Waals surface area contributed by atoms with Gasteiger partial charge in [-0.2, -0.15) is 5.10 Å². The molecule has 0 aromatic heterocycles. The van der Waals surface area contributed by atoms with Crippen LogP contribution in [0.4, 0.5) is 5.69 Å². The van der Waals surface area contributed by atoms with Crippen molar-refractivity contribution in [1.29, 1.82) is 0 Å². The number of methoxy groups -OCH3 is 1. The number of aliphatic hydroxyl groups excluding tert-OH is 2. The lowest BCUT2D eigenvalue weighted by atomic mass is 9.78. The van der Waals surface area contributed by atoms with Crippen molar-refractivity contribution in [3.05, 3.63) is 52.8 Å². The van der Waals surface area contributed by atoms with Gasteiger partial charge in [0.25, 0.3) is 11.7 Å². The molecule has 15 nitrogen and oxygen atoms in total. The van der Waals surface area contributed by atoms with Gasteiger partial charge in [-0.05, 0) is 32.8 Å². The van der Waals surface area contributed by atoms with E-state index in [1.165, 1.54) is 59.4 Å². The first-order valence-corrected chi connectivity index (χ1v) is 22.1. The number of anilines is 1. The van der Waals surface area contributed by atoms with Gasteiger partial charge in [-0.1, -0.05) is 85.5 Å². The number of hydrazone groups is 1. The number of phenolic OH excluding ortho intramolecular Hbond substituents is 3. The predicted octanol–water partition coefficient (Wildman–Crippen LogP) is 7.77. The Kier molecular flexibility index (Phi) is 17.6. The van der Waals surface area contributed by atoms with Crippen molar-refractivity contribution < 1.29 is 58.9 Å². The number of rotatable bonds is 12. The maximum atomic E-state index is 14.6. The van der Waals surface area contributed by atoms with Crippen LogP contribution in [0.1, 0.15) is 122 Å². The second-order valence-electron chi connectivity index (χ2n) is 17.2. The van der Waals surface area contributed by atoms with Crippen molar-refractivity contribution >= 4 is 40.3 Å². The Balaban J connectivity index is 1.99. The number of ether oxygens (including phenoxy) is 4. The summed E-state index contributed by atoms with van der Waals surface area (Å²) in [6.45, 7) is 18.0. The van der Waals surface area contributed by atoms with Gasteiger partial charge >= 0.3 is 11.8 Å². The third-order valence-electron chi connectivity index (χ3n) is 12.4. The van der Waals surface area contributed by atoms with E-state index < -0.39 is 88.8 Å². The molecule has 5 bridgehead atoms. The van der Waals surface area contributed by atoms with Crippen LogP contribution in [0.3, 0.4) is 0 Å². The number of carbonyl (C=O) groups excluding carboxylic acids is 3. The van der Waals surface area contributed by atoms with Crippen LogP contribution in [-0.4, -0.2) is 105 Å². The third-order valence-corrected chi connectivity index (χ3v) is 12.4. The van der Waals surface area contributed by atoms with Crippen LogP contribution in [0.15, 0.2) is 41.2 Å². The summed E-state index contributed by atoms with van der Waals surface area (Å²) >= 11 is 0. The highest BCUT2D eigenvalue weighted by Crippen LogP contribution is 2.55. The molecule has 5 rings (SSSR count). The lowest BCUT2D eigenvalue weighted by Crippen LogP contribution is -2.46. The number of Topliss-reactive ketones (excluding diaryl/α,β-unsaturated/α-hetero) is 1. The van der Waals surface area contributed by atoms with E-state index in [1.54, 1.807) is 39.8 Å². The van der Waals surface area contributed by atoms with Crippen LogP contribution >= 0.6 is 0 Å². The Morgan fingerprint density at radius 2 is 1.54 bits per heavy atom. The highest BCUT2D eigenvalue weighted by molar-refractivity contribution is 6.23. The number of hydrogen-bond acceptors (Lipinski definition) is 14. The summed E-state index contributed by atoms with van der Waals surface area (Å²) in [4.78, 5) is 40.8. The number of amides is 1. The second-order valence-corrected chi connectivity index (χ2v) is 17.2. The normalized spacial score (nSPS) is 27.1. The fourth-order valence-electron chi connectivity index (χ4n) is 8.33. The van der Waals surface area contributed by atoms with Crippen LogP contribution in [0.2, 0.25) is 0 Å². The summed E-state index contributed by atoms with van der Waals surface area (Å²) < 4.78 is 23.7. The minimum Gasteiger partial charge on any atom is -0.507 e. The minimum absolute atomic E-state index is 0.0611. The van der Waals surface area contributed by atoms with Crippen molar-refractivity contribution in [1.82, 2.24) is 5.01 Å². The molecule has 1 amide bonds. The maximum absolute atomic E-state index is 14.6. The van der Waals surface area contributed by atoms with E-state index in [0.29, 0.717) is 13.1 Å². The van der Waals surface area contributed by atoms with Crippen LogP contribution in [0.25, 0.3) is 10.8 Å². The van der Waals surface area contributed by atoms with Gasteiger partial charge in [0.05, 0.1) is 53.0 Å². The minimum atomic E-state index is -2.05. The van der Waals surface area contributed by atoms with Gasteiger partial charge < -0.3 is 49.8 Å². The van der Waals surface area contributed by atoms with E-state index in [4.69, 9.17) is 24.0 Å². The molecule has 0 fully saturated rings. The Morgan fingerprint density at radius 3 is 2.13 bits per heavy atom. The number of benzene rings is 2. The lowest BCUT2D eigenvalue weighted by Gasteiger charge is -2.38. The number of allylic oxidation sites excluding steroid dienone is 2. The first-order chi connectivity index (χ1) is 29.8. The molecule has 6 N–H and O–H groups in total. The zero-order valence-electron chi connectivity index (χ0n) is 38.7. The number of fused-ring (bicyclic) bond motifs is 14. The summed E-state index contributed by atoms with van der Waals surface area (Å²) in [7, 11) is 1.44. The molecule has 0 spiro atoms. The molecule has 0 saturated heterocycles. The highest BCUT2D eigenvalue weighted by Gasteiger charge is 2.50. The lowest BCUT2D eigenvalue weighted by molar-refractivity contribution is -0.160. The van der Waals surface area contributed by atoms with E-state index in [1.807, 2.05) is 5.01 Å². The third kappa shape index (κ3) is 11.2. The number of unbranched alkanes of at least 4 members (excludes halogenated alkanes) is 4. The molecule has 9 atom stereocenters. The number of nitrogens with one attached hydrogen (secondary N) is 1. The fourth-order valence-corrected chi connectivity index (χ4v) is 8.33. The van der Waals surface area contributed by atoms with Crippen LogP contribution < -0.4 is 10.1 Å². The Labute approximate surface area is 371 Å². The molecule has 3 aliphatic rings. The van der Waals surface area contributed by atoms with Gasteiger partial charge in [0.1, 0.15) is 23.4 Å². The molecule has 2 aromatic carbocycles. The average Bonchev–Trinajstić information content (AvgIpc) is 3.51. The number of esters is 1. The molecule has 0 aliphatic carbocycles. The average molecular weight is 880 g/mol. The van der Waals surface area contributed by atoms with Gasteiger partial charge in [0, 0.05) is 74.2 Å². The molecule has 63 heavy (non-hydrogen) atoms. The topological polar surface area (TPSA) is 217 Å². The molecule has 15 heteroatoms. The van der Waals surface area contributed by atoms with Crippen molar-refractivity contribution in [2.45, 2.75) is 138 Å². The van der Waals surface area contributed by atoms with Crippen molar-refractivity contribution in [3.63, 3.8) is 0 Å². The number of phenols is 3. The number of nitrogens with zero attached hydrogens (tertiary/aromatic N) is 2. The van der Waals surface area contributed by atoms with Crippen molar-refractivity contribution in [3.8, 4) is 23.0 Å². The molecular weight excluding hydrogens is 811 g/mol. The zero-order chi connectivity index (χ0) is 46.9. The number of aliphatic hydroxyl groups is 2. The number of hydrogen-bond donors (Lipinski definition) is 6. The zero-order valence-corrected chi connectivity index (χ0v) is 38.7. The Hall–Kier alpha value is -5.12. The van der Waals surface area contributed by atoms with Gasteiger partial charge in [-0.25, -0.2) is 0 Å². The van der Waals surface area contributed by atoms with Crippen molar-refractivity contribution in [2.24, 2.45) is 28.8 Å². The standard InChI is InChI=1S/C48H69N3O12/c1-12-14-16-22-51(23-17-15-13-2)49-25-33-38-43(57)36-35(42(33)56)37-45(31(8)41(36)55)63-48(10,46(37)58)61-24-21-34(60-11)28(5)44(62-32(9)52)30(7)40(54)29(6)39(53)26(3)19-18-20-27(4)47(59)50-38/h18-21,24-26,28-30,34,39-40,44,53-57H,12-17,22-23H2,1-11H3,(H,50,59)/t26-,28-,29+,30+,34-,39+,40+,44-,48-/m0/s1. The molecule has 2 aromatic rings. The smallest absolute Gasteiger partial charge is 0.312 e. The molecule has 3 aliphatic heterocycles. The molecular formula is C48H69N3O12. The molecule has 0 radical (unpaired) electrons. The van der Waals surface area contributed by atoms with Crippen LogP contribution in [-0.2, 0) is 23.8 Å². The van der Waals surface area contributed by atoms with Crippen LogP contribution in [0, 0.1) is 30.6 Å².